The van der Waals surface area contributed by atoms with Crippen molar-refractivity contribution in [3.63, 3.8) is 0 Å². The van der Waals surface area contributed by atoms with Gasteiger partial charge >= 0.3 is 0 Å². The smallest absolute Gasteiger partial charge is 0.239 e. The second kappa shape index (κ2) is 6.53. The number of nitrogens with zero attached hydrogens (tertiary/aromatic N) is 2. The molecule has 1 aliphatic heterocycles. The van der Waals surface area contributed by atoms with Gasteiger partial charge in [-0.3, -0.25) is 9.69 Å². The molecular weight excluding hydrogens is 226 g/mol. The lowest BCUT2D eigenvalue weighted by molar-refractivity contribution is -0.135. The highest BCUT2D eigenvalue weighted by molar-refractivity contribution is 5.82. The first kappa shape index (κ1) is 15.4. The van der Waals surface area contributed by atoms with Crippen molar-refractivity contribution >= 4 is 5.91 Å². The maximum Gasteiger partial charge on any atom is 0.239 e. The Kier molecular flexibility index (Phi) is 5.60. The zero-order valence-electron chi connectivity index (χ0n) is 12.4. The van der Waals surface area contributed by atoms with E-state index in [0.29, 0.717) is 6.54 Å². The summed E-state index contributed by atoms with van der Waals surface area (Å²) in [5.41, 5.74) is 5.73. The van der Waals surface area contributed by atoms with Crippen LogP contribution < -0.4 is 5.73 Å². The van der Waals surface area contributed by atoms with Gasteiger partial charge in [-0.2, -0.15) is 0 Å². The lowest BCUT2D eigenvalue weighted by atomic mass is 9.93. The second-order valence-corrected chi connectivity index (χ2v) is 6.26. The third-order valence-corrected chi connectivity index (χ3v) is 3.75. The van der Waals surface area contributed by atoms with Crippen LogP contribution in [0.3, 0.4) is 0 Å². The largest absolute Gasteiger partial charge is 0.344 e. The molecule has 0 bridgehead atoms. The molecule has 1 rings (SSSR count). The van der Waals surface area contributed by atoms with Crippen LogP contribution in [0.4, 0.5) is 0 Å². The van der Waals surface area contributed by atoms with Crippen molar-refractivity contribution in [2.24, 2.45) is 11.1 Å². The molecule has 1 atom stereocenters. The molecule has 1 unspecified atom stereocenters. The molecule has 0 aromatic rings. The van der Waals surface area contributed by atoms with Crippen LogP contribution in [-0.2, 0) is 4.79 Å². The molecule has 0 radical (unpaired) electrons. The molecule has 0 saturated carbocycles. The molecule has 1 heterocycles. The van der Waals surface area contributed by atoms with Crippen molar-refractivity contribution in [2.75, 3.05) is 33.2 Å². The fourth-order valence-corrected chi connectivity index (χ4v) is 2.70. The van der Waals surface area contributed by atoms with Crippen LogP contribution >= 0.6 is 0 Å². The summed E-state index contributed by atoms with van der Waals surface area (Å²) >= 11 is 0. The van der Waals surface area contributed by atoms with Gasteiger partial charge < -0.3 is 10.6 Å². The van der Waals surface area contributed by atoms with Gasteiger partial charge in [-0.05, 0) is 44.3 Å². The first-order valence-corrected chi connectivity index (χ1v) is 7.10. The molecule has 0 aromatic heterocycles. The monoisotopic (exact) mass is 255 g/mol. The quantitative estimate of drug-likeness (QED) is 0.778. The van der Waals surface area contributed by atoms with Crippen molar-refractivity contribution in [3.05, 3.63) is 0 Å². The predicted molar refractivity (Wildman–Crippen MR) is 75.4 cm³/mol. The maximum atomic E-state index is 12.5. The Morgan fingerprint density at radius 2 is 2.17 bits per heavy atom. The molecule has 0 aromatic carbocycles. The molecule has 106 valence electrons. The molecule has 0 spiro atoms. The van der Waals surface area contributed by atoms with Gasteiger partial charge in [0.15, 0.2) is 0 Å². The minimum absolute atomic E-state index is 0.00139. The van der Waals surface area contributed by atoms with Crippen molar-refractivity contribution < 1.29 is 4.79 Å². The Morgan fingerprint density at radius 3 is 2.72 bits per heavy atom. The lowest BCUT2D eigenvalue weighted by Gasteiger charge is -2.33. The number of rotatable bonds is 6. The Morgan fingerprint density at radius 1 is 1.50 bits per heavy atom. The van der Waals surface area contributed by atoms with Gasteiger partial charge in [-0.25, -0.2) is 0 Å². The summed E-state index contributed by atoms with van der Waals surface area (Å²) in [6.07, 6.45) is 3.26. The van der Waals surface area contributed by atoms with E-state index in [1.165, 1.54) is 0 Å². The molecule has 0 aliphatic carbocycles. The van der Waals surface area contributed by atoms with E-state index in [9.17, 15) is 4.79 Å². The van der Waals surface area contributed by atoms with Crippen LogP contribution in [0, 0.1) is 5.41 Å². The van der Waals surface area contributed by atoms with E-state index in [0.717, 1.165) is 38.9 Å². The van der Waals surface area contributed by atoms with Crippen LogP contribution in [0.1, 0.15) is 40.0 Å². The van der Waals surface area contributed by atoms with Crippen molar-refractivity contribution in [3.8, 4) is 0 Å². The predicted octanol–water partition coefficient (Wildman–Crippen LogP) is 1.30. The van der Waals surface area contributed by atoms with Crippen molar-refractivity contribution in [1.82, 2.24) is 9.80 Å². The minimum Gasteiger partial charge on any atom is -0.344 e. The van der Waals surface area contributed by atoms with Gasteiger partial charge in [-0.15, -0.1) is 0 Å². The van der Waals surface area contributed by atoms with E-state index in [4.69, 9.17) is 5.73 Å². The van der Waals surface area contributed by atoms with Gasteiger partial charge in [0.25, 0.3) is 0 Å². The third-order valence-electron chi connectivity index (χ3n) is 3.75. The van der Waals surface area contributed by atoms with E-state index >= 15 is 0 Å². The summed E-state index contributed by atoms with van der Waals surface area (Å²) in [4.78, 5) is 16.7. The molecule has 1 saturated heterocycles. The SMILES string of the molecule is CCCN1CCCC1C(=O)N(C)CC(C)(C)CN. The van der Waals surface area contributed by atoms with Crippen LogP contribution in [0.25, 0.3) is 0 Å². The van der Waals surface area contributed by atoms with E-state index in [2.05, 4.69) is 25.7 Å². The lowest BCUT2D eigenvalue weighted by Crippen LogP contribution is -2.48. The first-order chi connectivity index (χ1) is 8.41. The Hall–Kier alpha value is -0.610. The third kappa shape index (κ3) is 3.95. The number of likely N-dealkylation sites (N-methyl/N-ethyl adjacent to an activating group) is 1. The summed E-state index contributed by atoms with van der Waals surface area (Å²) in [5, 5.41) is 0. The van der Waals surface area contributed by atoms with Crippen LogP contribution in [0.15, 0.2) is 0 Å². The van der Waals surface area contributed by atoms with E-state index in [1.54, 1.807) is 0 Å². The standard InChI is InChI=1S/C14H29N3O/c1-5-8-17-9-6-7-12(17)13(18)16(4)11-14(2,3)10-15/h12H,5-11,15H2,1-4H3. The van der Waals surface area contributed by atoms with E-state index in [1.807, 2.05) is 11.9 Å². The number of carbonyl (C=O) groups excluding carboxylic acids is 1. The van der Waals surface area contributed by atoms with Gasteiger partial charge in [0.1, 0.15) is 0 Å². The van der Waals surface area contributed by atoms with Gasteiger partial charge in [0, 0.05) is 13.6 Å². The fraction of sp³-hybridized carbons (Fsp3) is 0.929. The number of carbonyl (C=O) groups is 1. The Labute approximate surface area is 111 Å². The molecule has 2 N–H and O–H groups in total. The van der Waals surface area contributed by atoms with Crippen molar-refractivity contribution in [1.29, 1.82) is 0 Å². The summed E-state index contributed by atoms with van der Waals surface area (Å²) in [5.74, 6) is 0.266. The van der Waals surface area contributed by atoms with Gasteiger partial charge in [0.2, 0.25) is 5.91 Å². The van der Waals surface area contributed by atoms with E-state index in [-0.39, 0.29) is 17.4 Å². The number of hydrogen-bond acceptors (Lipinski definition) is 3. The first-order valence-electron chi connectivity index (χ1n) is 7.10. The number of nitrogens with two attached hydrogens (primary N) is 1. The number of likely N-dealkylation sites (tertiary alicyclic amines) is 1. The normalized spacial score (nSPS) is 21.3. The molecule has 1 fully saturated rings. The fourth-order valence-electron chi connectivity index (χ4n) is 2.70. The highest BCUT2D eigenvalue weighted by Crippen LogP contribution is 2.21. The second-order valence-electron chi connectivity index (χ2n) is 6.26. The topological polar surface area (TPSA) is 49.6 Å². The molecule has 4 heteroatoms. The Bertz CT molecular complexity index is 278. The number of hydrogen-bond donors (Lipinski definition) is 1. The molecule has 1 amide bonds. The van der Waals surface area contributed by atoms with E-state index < -0.39 is 0 Å². The van der Waals surface area contributed by atoms with Crippen molar-refractivity contribution in [2.45, 2.75) is 46.1 Å². The number of amides is 1. The highest BCUT2D eigenvalue weighted by atomic mass is 16.2. The van der Waals surface area contributed by atoms with Crippen LogP contribution in [0.2, 0.25) is 0 Å². The average Bonchev–Trinajstić information content (AvgIpc) is 2.76. The van der Waals surface area contributed by atoms with Crippen LogP contribution in [0.5, 0.6) is 0 Å². The molecule has 1 aliphatic rings. The molecule has 18 heavy (non-hydrogen) atoms. The van der Waals surface area contributed by atoms with Gasteiger partial charge in [-0.1, -0.05) is 20.8 Å². The Balaban J connectivity index is 2.57. The summed E-state index contributed by atoms with van der Waals surface area (Å²) < 4.78 is 0. The molecular formula is C14H29N3O. The average molecular weight is 255 g/mol. The zero-order chi connectivity index (χ0) is 13.8. The highest BCUT2D eigenvalue weighted by Gasteiger charge is 2.33. The minimum atomic E-state index is -0.00139. The summed E-state index contributed by atoms with van der Waals surface area (Å²) in [7, 11) is 1.90. The van der Waals surface area contributed by atoms with Crippen LogP contribution in [-0.4, -0.2) is 55.0 Å². The van der Waals surface area contributed by atoms with Gasteiger partial charge in [0.05, 0.1) is 6.04 Å². The summed E-state index contributed by atoms with van der Waals surface area (Å²) in [6.45, 7) is 9.82. The maximum absolute atomic E-state index is 12.5. The molecule has 4 nitrogen and oxygen atoms in total. The summed E-state index contributed by atoms with van der Waals surface area (Å²) in [6, 6.07) is 0.100. The zero-order valence-corrected chi connectivity index (χ0v) is 12.4.